The Labute approximate surface area is 169 Å². The number of hydrogen-bond donors (Lipinski definition) is 1. The largest absolute Gasteiger partial charge is 0.269 e. The predicted octanol–water partition coefficient (Wildman–Crippen LogP) is 3.21. The van der Waals surface area contributed by atoms with Gasteiger partial charge in [0.1, 0.15) is 9.46 Å². The highest BCUT2D eigenvalue weighted by Gasteiger charge is 2.32. The zero-order valence-corrected chi connectivity index (χ0v) is 17.4. The summed E-state index contributed by atoms with van der Waals surface area (Å²) >= 11 is 2.29. The van der Waals surface area contributed by atoms with Gasteiger partial charge in [0.15, 0.2) is 9.84 Å². The van der Waals surface area contributed by atoms with E-state index in [1.54, 1.807) is 29.0 Å². The summed E-state index contributed by atoms with van der Waals surface area (Å²) in [6, 6.07) is 10.8. The van der Waals surface area contributed by atoms with E-state index >= 15 is 0 Å². The molecule has 28 heavy (non-hydrogen) atoms. The van der Waals surface area contributed by atoms with Gasteiger partial charge < -0.3 is 0 Å². The van der Waals surface area contributed by atoms with Gasteiger partial charge in [-0.1, -0.05) is 12.1 Å². The molecule has 0 spiro atoms. The average Bonchev–Trinajstić information content (AvgIpc) is 3.36. The molecule has 1 N–H and O–H groups in total. The smallest absolute Gasteiger partial charge is 0.258 e. The number of nitro groups is 1. The normalized spacial score (nSPS) is 13.3. The molecule has 2 aromatic heterocycles. The molecule has 0 saturated heterocycles. The van der Waals surface area contributed by atoms with Crippen LogP contribution in [0.5, 0.6) is 0 Å². The Morgan fingerprint density at radius 2 is 1.61 bits per heavy atom. The maximum Gasteiger partial charge on any atom is 0.269 e. The summed E-state index contributed by atoms with van der Waals surface area (Å²) in [5.41, 5.74) is -0.240. The number of sulfone groups is 1. The number of nitro benzene ring substituents is 1. The van der Waals surface area contributed by atoms with Crippen LogP contribution < -0.4 is 4.72 Å². The van der Waals surface area contributed by atoms with Gasteiger partial charge in [-0.15, -0.1) is 22.7 Å². The standard InChI is InChI=1S/C16H14N2O6S4/c19-18(20)12-5-7-13(8-6-12)28(23,24)17-11-15(14-3-1-9-25-14)27(21,22)16-4-2-10-26-16/h1-10,15,17H,11H2. The van der Waals surface area contributed by atoms with Gasteiger partial charge in [0, 0.05) is 23.6 Å². The van der Waals surface area contributed by atoms with Gasteiger partial charge in [-0.2, -0.15) is 0 Å². The Morgan fingerprint density at radius 3 is 2.14 bits per heavy atom. The summed E-state index contributed by atoms with van der Waals surface area (Å²) in [5.74, 6) is 0. The van der Waals surface area contributed by atoms with Gasteiger partial charge in [-0.25, -0.2) is 21.6 Å². The van der Waals surface area contributed by atoms with Gasteiger partial charge >= 0.3 is 0 Å². The average molecular weight is 459 g/mol. The van der Waals surface area contributed by atoms with E-state index in [4.69, 9.17) is 0 Å². The molecule has 0 aliphatic rings. The molecule has 1 unspecified atom stereocenters. The van der Waals surface area contributed by atoms with Crippen molar-refractivity contribution in [2.24, 2.45) is 0 Å². The lowest BCUT2D eigenvalue weighted by atomic mass is 10.3. The number of sulfonamides is 1. The Kier molecular flexibility index (Phi) is 5.95. The molecular weight excluding hydrogens is 444 g/mol. The number of non-ortho nitro benzene ring substituents is 1. The van der Waals surface area contributed by atoms with Crippen LogP contribution in [0.15, 0.2) is 68.4 Å². The zero-order chi connectivity index (χ0) is 20.4. The highest BCUT2D eigenvalue weighted by atomic mass is 32.2. The summed E-state index contributed by atoms with van der Waals surface area (Å²) in [5, 5.41) is 13.0. The van der Waals surface area contributed by atoms with Crippen molar-refractivity contribution < 1.29 is 21.8 Å². The van der Waals surface area contributed by atoms with E-state index in [2.05, 4.69) is 4.72 Å². The molecule has 0 saturated carbocycles. The SMILES string of the molecule is O=[N+]([O-])c1ccc(S(=O)(=O)NCC(c2cccs2)S(=O)(=O)c2cccs2)cc1. The third kappa shape index (κ3) is 4.31. The third-order valence-electron chi connectivity index (χ3n) is 3.83. The quantitative estimate of drug-likeness (QED) is 0.408. The second-order valence-corrected chi connectivity index (χ2v) is 11.6. The van der Waals surface area contributed by atoms with Crippen molar-refractivity contribution >= 4 is 48.2 Å². The fraction of sp³-hybridized carbons (Fsp3) is 0.125. The van der Waals surface area contributed by atoms with Gasteiger partial charge in [-0.3, -0.25) is 10.1 Å². The Bertz CT molecular complexity index is 1150. The maximum atomic E-state index is 13.0. The summed E-state index contributed by atoms with van der Waals surface area (Å²) < 4.78 is 53.5. The van der Waals surface area contributed by atoms with Crippen LogP contribution in [0.1, 0.15) is 10.1 Å². The van der Waals surface area contributed by atoms with Crippen molar-refractivity contribution in [1.29, 1.82) is 0 Å². The van der Waals surface area contributed by atoms with E-state index in [9.17, 15) is 26.9 Å². The van der Waals surface area contributed by atoms with Gasteiger partial charge in [0.2, 0.25) is 10.0 Å². The van der Waals surface area contributed by atoms with Crippen LogP contribution in [0.25, 0.3) is 0 Å². The number of rotatable bonds is 8. The minimum absolute atomic E-state index is 0.153. The van der Waals surface area contributed by atoms with Crippen LogP contribution in [-0.2, 0) is 19.9 Å². The van der Waals surface area contributed by atoms with Crippen LogP contribution in [-0.4, -0.2) is 28.3 Å². The second kappa shape index (κ2) is 8.09. The number of nitrogens with zero attached hydrogens (tertiary/aromatic N) is 1. The number of hydrogen-bond acceptors (Lipinski definition) is 8. The van der Waals surface area contributed by atoms with Crippen LogP contribution >= 0.6 is 22.7 Å². The lowest BCUT2D eigenvalue weighted by Crippen LogP contribution is -2.31. The molecule has 0 aliphatic carbocycles. The topological polar surface area (TPSA) is 123 Å². The van der Waals surface area contributed by atoms with Gasteiger partial charge in [0.05, 0.1) is 9.82 Å². The number of benzene rings is 1. The van der Waals surface area contributed by atoms with Crippen molar-refractivity contribution in [1.82, 2.24) is 4.72 Å². The van der Waals surface area contributed by atoms with E-state index in [-0.39, 0.29) is 21.3 Å². The van der Waals surface area contributed by atoms with E-state index in [0.29, 0.717) is 4.88 Å². The fourth-order valence-corrected chi connectivity index (χ4v) is 7.56. The van der Waals surface area contributed by atoms with Crippen LogP contribution in [0.2, 0.25) is 0 Å². The Balaban J connectivity index is 1.87. The minimum Gasteiger partial charge on any atom is -0.258 e. The molecule has 0 bridgehead atoms. The van der Waals surface area contributed by atoms with E-state index in [0.717, 1.165) is 35.6 Å². The Hall–Kier alpha value is -2.12. The summed E-state index contributed by atoms with van der Waals surface area (Å²) in [7, 11) is -7.84. The molecule has 12 heteroatoms. The summed E-state index contributed by atoms with van der Waals surface area (Å²) in [4.78, 5) is 10.4. The highest BCUT2D eigenvalue weighted by Crippen LogP contribution is 2.33. The van der Waals surface area contributed by atoms with Crippen LogP contribution in [0, 0.1) is 10.1 Å². The first-order chi connectivity index (χ1) is 13.2. The molecule has 0 radical (unpaired) electrons. The van der Waals surface area contributed by atoms with Gasteiger partial charge in [-0.05, 0) is 35.0 Å². The minimum atomic E-state index is -4.05. The molecule has 148 valence electrons. The van der Waals surface area contributed by atoms with Crippen molar-refractivity contribution in [3.05, 3.63) is 74.3 Å². The van der Waals surface area contributed by atoms with Crippen molar-refractivity contribution in [2.75, 3.05) is 6.54 Å². The van der Waals surface area contributed by atoms with Crippen molar-refractivity contribution in [2.45, 2.75) is 14.4 Å². The molecule has 3 rings (SSSR count). The monoisotopic (exact) mass is 458 g/mol. The number of nitrogens with one attached hydrogen (secondary N) is 1. The van der Waals surface area contributed by atoms with Crippen LogP contribution in [0.4, 0.5) is 5.69 Å². The lowest BCUT2D eigenvalue weighted by molar-refractivity contribution is -0.384. The molecule has 1 aromatic carbocycles. The fourth-order valence-electron chi connectivity index (χ4n) is 2.42. The molecule has 8 nitrogen and oxygen atoms in total. The van der Waals surface area contributed by atoms with E-state index < -0.39 is 30.0 Å². The lowest BCUT2D eigenvalue weighted by Gasteiger charge is -2.16. The first-order valence-corrected chi connectivity index (χ1v) is 12.6. The third-order valence-corrected chi connectivity index (χ3v) is 9.92. The van der Waals surface area contributed by atoms with E-state index in [1.165, 1.54) is 17.4 Å². The summed E-state index contributed by atoms with van der Waals surface area (Å²) in [6.07, 6.45) is 0. The maximum absolute atomic E-state index is 13.0. The van der Waals surface area contributed by atoms with E-state index in [1.807, 2.05) is 0 Å². The first kappa shape index (κ1) is 20.6. The highest BCUT2D eigenvalue weighted by molar-refractivity contribution is 7.94. The molecule has 2 heterocycles. The molecule has 3 aromatic rings. The molecule has 0 amide bonds. The van der Waals surface area contributed by atoms with Crippen molar-refractivity contribution in [3.63, 3.8) is 0 Å². The Morgan fingerprint density at radius 1 is 0.964 bits per heavy atom. The zero-order valence-electron chi connectivity index (χ0n) is 14.1. The first-order valence-electron chi connectivity index (χ1n) is 7.77. The second-order valence-electron chi connectivity index (χ2n) is 5.58. The number of thiophene rings is 2. The van der Waals surface area contributed by atoms with Crippen molar-refractivity contribution in [3.8, 4) is 0 Å². The van der Waals surface area contributed by atoms with Crippen LogP contribution in [0.3, 0.4) is 0 Å². The molecule has 0 aliphatic heterocycles. The molecule has 0 fully saturated rings. The summed E-state index contributed by atoms with van der Waals surface area (Å²) in [6.45, 7) is -0.361. The molecule has 1 atom stereocenters. The molecular formula is C16H14N2O6S4. The predicted molar refractivity (Wildman–Crippen MR) is 107 cm³/mol. The van der Waals surface area contributed by atoms with Gasteiger partial charge in [0.25, 0.3) is 5.69 Å².